The lowest BCUT2D eigenvalue weighted by Crippen LogP contribution is -2.44. The molecule has 3 heteroatoms. The van der Waals surface area contributed by atoms with Crippen LogP contribution in [-0.4, -0.2) is 38.0 Å². The van der Waals surface area contributed by atoms with Crippen molar-refractivity contribution in [1.29, 1.82) is 0 Å². The standard InChI is InChI=1S/C14H27NO2/c1-12(2)15-7-3-13-4-8-17-14(11-13)5-9-16-10-6-14/h12-13,15H,3-11H2,1-2H3. The Morgan fingerprint density at radius 1 is 1.24 bits per heavy atom. The highest BCUT2D eigenvalue weighted by Crippen LogP contribution is 2.37. The van der Waals surface area contributed by atoms with Crippen molar-refractivity contribution in [2.45, 2.75) is 57.6 Å². The lowest BCUT2D eigenvalue weighted by Gasteiger charge is -2.43. The molecule has 2 saturated heterocycles. The molecular formula is C14H27NO2. The van der Waals surface area contributed by atoms with Gasteiger partial charge in [0.1, 0.15) is 0 Å². The van der Waals surface area contributed by atoms with E-state index < -0.39 is 0 Å². The van der Waals surface area contributed by atoms with Gasteiger partial charge in [-0.3, -0.25) is 0 Å². The van der Waals surface area contributed by atoms with E-state index in [1.54, 1.807) is 0 Å². The van der Waals surface area contributed by atoms with E-state index in [1.165, 1.54) is 19.3 Å². The maximum Gasteiger partial charge on any atom is 0.0729 e. The molecule has 0 aromatic carbocycles. The summed E-state index contributed by atoms with van der Waals surface area (Å²) in [5.41, 5.74) is 0.166. The molecule has 1 atom stereocenters. The third-order valence-electron chi connectivity index (χ3n) is 4.10. The molecule has 1 unspecified atom stereocenters. The average Bonchev–Trinajstić information content (AvgIpc) is 2.29. The van der Waals surface area contributed by atoms with Crippen LogP contribution in [0.5, 0.6) is 0 Å². The number of nitrogens with one attached hydrogen (secondary N) is 1. The highest BCUT2D eigenvalue weighted by Gasteiger charge is 2.38. The van der Waals surface area contributed by atoms with E-state index in [0.29, 0.717) is 6.04 Å². The van der Waals surface area contributed by atoms with Crippen molar-refractivity contribution in [2.75, 3.05) is 26.4 Å². The smallest absolute Gasteiger partial charge is 0.0729 e. The van der Waals surface area contributed by atoms with Gasteiger partial charge in [0.05, 0.1) is 5.60 Å². The van der Waals surface area contributed by atoms with Crippen LogP contribution in [0.2, 0.25) is 0 Å². The van der Waals surface area contributed by atoms with Gasteiger partial charge in [0.25, 0.3) is 0 Å². The van der Waals surface area contributed by atoms with Gasteiger partial charge in [0.2, 0.25) is 0 Å². The van der Waals surface area contributed by atoms with Crippen molar-refractivity contribution in [3.05, 3.63) is 0 Å². The molecule has 1 spiro atoms. The van der Waals surface area contributed by atoms with E-state index in [4.69, 9.17) is 9.47 Å². The van der Waals surface area contributed by atoms with Crippen molar-refractivity contribution in [3.8, 4) is 0 Å². The van der Waals surface area contributed by atoms with E-state index >= 15 is 0 Å². The van der Waals surface area contributed by atoms with Crippen molar-refractivity contribution in [2.24, 2.45) is 5.92 Å². The van der Waals surface area contributed by atoms with Gasteiger partial charge in [-0.25, -0.2) is 0 Å². The monoisotopic (exact) mass is 241 g/mol. The average molecular weight is 241 g/mol. The van der Waals surface area contributed by atoms with Crippen LogP contribution >= 0.6 is 0 Å². The van der Waals surface area contributed by atoms with Gasteiger partial charge >= 0.3 is 0 Å². The molecule has 0 saturated carbocycles. The molecule has 0 bridgehead atoms. The van der Waals surface area contributed by atoms with E-state index in [0.717, 1.165) is 45.1 Å². The normalized spacial score (nSPS) is 28.8. The number of hydrogen-bond donors (Lipinski definition) is 1. The molecule has 3 nitrogen and oxygen atoms in total. The summed E-state index contributed by atoms with van der Waals surface area (Å²) in [4.78, 5) is 0. The molecule has 0 aliphatic carbocycles. The van der Waals surface area contributed by atoms with Gasteiger partial charge in [-0.15, -0.1) is 0 Å². The van der Waals surface area contributed by atoms with E-state index in [1.807, 2.05) is 0 Å². The van der Waals surface area contributed by atoms with Crippen LogP contribution in [-0.2, 0) is 9.47 Å². The maximum absolute atomic E-state index is 6.06. The molecule has 17 heavy (non-hydrogen) atoms. The largest absolute Gasteiger partial charge is 0.381 e. The molecule has 0 aromatic rings. The fourth-order valence-corrected chi connectivity index (χ4v) is 3.04. The maximum atomic E-state index is 6.06. The quantitative estimate of drug-likeness (QED) is 0.819. The number of rotatable bonds is 4. The van der Waals surface area contributed by atoms with E-state index in [2.05, 4.69) is 19.2 Å². The molecule has 1 N–H and O–H groups in total. The summed E-state index contributed by atoms with van der Waals surface area (Å²) >= 11 is 0. The summed E-state index contributed by atoms with van der Waals surface area (Å²) in [7, 11) is 0. The number of hydrogen-bond acceptors (Lipinski definition) is 3. The summed E-state index contributed by atoms with van der Waals surface area (Å²) in [6, 6.07) is 0.604. The fourth-order valence-electron chi connectivity index (χ4n) is 3.04. The predicted molar refractivity (Wildman–Crippen MR) is 69.2 cm³/mol. The Bertz CT molecular complexity index is 219. The molecule has 2 heterocycles. The summed E-state index contributed by atoms with van der Waals surface area (Å²) in [5.74, 6) is 0.841. The van der Waals surface area contributed by atoms with Gasteiger partial charge in [0.15, 0.2) is 0 Å². The molecule has 2 fully saturated rings. The van der Waals surface area contributed by atoms with Gasteiger partial charge in [-0.1, -0.05) is 13.8 Å². The molecule has 2 rings (SSSR count). The first-order chi connectivity index (χ1) is 8.20. The fraction of sp³-hybridized carbons (Fsp3) is 1.00. The van der Waals surface area contributed by atoms with E-state index in [9.17, 15) is 0 Å². The zero-order valence-corrected chi connectivity index (χ0v) is 11.3. The Morgan fingerprint density at radius 2 is 2.00 bits per heavy atom. The minimum absolute atomic E-state index is 0.166. The Balaban J connectivity index is 1.76. The minimum Gasteiger partial charge on any atom is -0.381 e. The van der Waals surface area contributed by atoms with Crippen LogP contribution in [0.3, 0.4) is 0 Å². The zero-order valence-electron chi connectivity index (χ0n) is 11.3. The zero-order chi connectivity index (χ0) is 12.1. The summed E-state index contributed by atoms with van der Waals surface area (Å²) in [5, 5.41) is 3.52. The lowest BCUT2D eigenvalue weighted by atomic mass is 9.79. The Kier molecular flexibility index (Phi) is 4.83. The molecule has 100 valence electrons. The first-order valence-electron chi connectivity index (χ1n) is 7.15. The number of ether oxygens (including phenoxy) is 2. The summed E-state index contributed by atoms with van der Waals surface area (Å²) in [6.07, 6.45) is 5.98. The van der Waals surface area contributed by atoms with Gasteiger partial charge < -0.3 is 14.8 Å². The van der Waals surface area contributed by atoms with Gasteiger partial charge in [-0.05, 0) is 44.6 Å². The summed E-state index contributed by atoms with van der Waals surface area (Å²) in [6.45, 7) is 8.29. The van der Waals surface area contributed by atoms with Crippen molar-refractivity contribution >= 4 is 0 Å². The van der Waals surface area contributed by atoms with Crippen LogP contribution < -0.4 is 5.32 Å². The molecular weight excluding hydrogens is 214 g/mol. The Morgan fingerprint density at radius 3 is 2.71 bits per heavy atom. The first kappa shape index (κ1) is 13.3. The summed E-state index contributed by atoms with van der Waals surface area (Å²) < 4.78 is 11.5. The molecule has 2 aliphatic heterocycles. The molecule has 2 aliphatic rings. The minimum atomic E-state index is 0.166. The first-order valence-corrected chi connectivity index (χ1v) is 7.15. The molecule has 0 aromatic heterocycles. The lowest BCUT2D eigenvalue weighted by molar-refractivity contribution is -0.147. The third-order valence-corrected chi connectivity index (χ3v) is 4.10. The topological polar surface area (TPSA) is 30.5 Å². The van der Waals surface area contributed by atoms with Gasteiger partial charge in [0, 0.05) is 25.9 Å². The molecule has 0 radical (unpaired) electrons. The predicted octanol–water partition coefficient (Wildman–Crippen LogP) is 2.35. The second-order valence-electron chi connectivity index (χ2n) is 5.90. The van der Waals surface area contributed by atoms with Crippen LogP contribution in [0.15, 0.2) is 0 Å². The van der Waals surface area contributed by atoms with Gasteiger partial charge in [-0.2, -0.15) is 0 Å². The van der Waals surface area contributed by atoms with Crippen molar-refractivity contribution in [3.63, 3.8) is 0 Å². The SMILES string of the molecule is CC(C)NCCC1CCOC2(CCOCC2)C1. The van der Waals surface area contributed by atoms with Crippen molar-refractivity contribution < 1.29 is 9.47 Å². The Hall–Kier alpha value is -0.120. The second-order valence-corrected chi connectivity index (χ2v) is 5.90. The highest BCUT2D eigenvalue weighted by molar-refractivity contribution is 4.89. The van der Waals surface area contributed by atoms with Crippen LogP contribution in [0.4, 0.5) is 0 Å². The van der Waals surface area contributed by atoms with Crippen LogP contribution in [0.25, 0.3) is 0 Å². The second kappa shape index (κ2) is 6.17. The molecule has 0 amide bonds. The van der Waals surface area contributed by atoms with Crippen LogP contribution in [0, 0.1) is 5.92 Å². The Labute approximate surface area is 105 Å². The van der Waals surface area contributed by atoms with Crippen molar-refractivity contribution in [1.82, 2.24) is 5.32 Å². The van der Waals surface area contributed by atoms with Crippen LogP contribution in [0.1, 0.15) is 46.0 Å². The van der Waals surface area contributed by atoms with E-state index in [-0.39, 0.29) is 5.60 Å². The third kappa shape index (κ3) is 3.94. The highest BCUT2D eigenvalue weighted by atomic mass is 16.5.